The van der Waals surface area contributed by atoms with Crippen LogP contribution in [0.25, 0.3) is 0 Å². The summed E-state index contributed by atoms with van der Waals surface area (Å²) in [5.74, 6) is -0.699. The number of ether oxygens (including phenoxy) is 2. The molecule has 1 aliphatic carbocycles. The molecule has 5 heteroatoms. The monoisotopic (exact) mass is 255 g/mol. The van der Waals surface area contributed by atoms with Crippen molar-refractivity contribution in [1.82, 2.24) is 5.32 Å². The molecule has 1 saturated carbocycles. The van der Waals surface area contributed by atoms with Crippen LogP contribution in [0.3, 0.4) is 0 Å². The summed E-state index contributed by atoms with van der Waals surface area (Å²) in [6, 6.07) is 0.274. The predicted molar refractivity (Wildman–Crippen MR) is 64.5 cm³/mol. The lowest BCUT2D eigenvalue weighted by molar-refractivity contribution is -0.148. The fourth-order valence-corrected chi connectivity index (χ4v) is 3.18. The molecule has 1 spiro atoms. The molecule has 3 fully saturated rings. The van der Waals surface area contributed by atoms with Crippen LogP contribution < -0.4 is 5.32 Å². The second-order valence-corrected chi connectivity index (χ2v) is 5.87. The van der Waals surface area contributed by atoms with Crippen molar-refractivity contribution in [2.24, 2.45) is 0 Å². The molecule has 3 aliphatic rings. The number of carbonyl (C=O) groups is 1. The molecule has 1 atom stereocenters. The molecule has 0 amide bonds. The average molecular weight is 255 g/mol. The summed E-state index contributed by atoms with van der Waals surface area (Å²) in [6.07, 6.45) is 5.23. The van der Waals surface area contributed by atoms with Gasteiger partial charge in [-0.15, -0.1) is 0 Å². The maximum Gasteiger partial charge on any atom is 0.323 e. The van der Waals surface area contributed by atoms with Crippen molar-refractivity contribution in [2.75, 3.05) is 19.8 Å². The summed E-state index contributed by atoms with van der Waals surface area (Å²) in [5.41, 5.74) is -0.697. The van der Waals surface area contributed by atoms with Gasteiger partial charge < -0.3 is 14.6 Å². The highest BCUT2D eigenvalue weighted by Gasteiger charge is 2.52. The van der Waals surface area contributed by atoms with Crippen molar-refractivity contribution in [1.29, 1.82) is 0 Å². The van der Waals surface area contributed by atoms with Crippen LogP contribution in [0.4, 0.5) is 0 Å². The highest BCUT2D eigenvalue weighted by atomic mass is 16.5. The minimum Gasteiger partial charge on any atom is -0.480 e. The first-order valence-corrected chi connectivity index (χ1v) is 6.87. The maximum absolute atomic E-state index is 11.2. The zero-order valence-electron chi connectivity index (χ0n) is 10.6. The Morgan fingerprint density at radius 2 is 1.89 bits per heavy atom. The molecule has 2 saturated heterocycles. The fourth-order valence-electron chi connectivity index (χ4n) is 3.18. The van der Waals surface area contributed by atoms with Crippen LogP contribution in [0, 0.1) is 0 Å². The number of nitrogens with one attached hydrogen (secondary N) is 1. The van der Waals surface area contributed by atoms with Gasteiger partial charge in [0.05, 0.1) is 5.60 Å². The van der Waals surface area contributed by atoms with Gasteiger partial charge in [0, 0.05) is 25.9 Å². The van der Waals surface area contributed by atoms with Crippen molar-refractivity contribution in [3.05, 3.63) is 0 Å². The average Bonchev–Trinajstić information content (AvgIpc) is 3.11. The maximum atomic E-state index is 11.2. The van der Waals surface area contributed by atoms with E-state index in [1.165, 1.54) is 0 Å². The Bertz CT molecular complexity index is 328. The van der Waals surface area contributed by atoms with Crippen LogP contribution >= 0.6 is 0 Å². The van der Waals surface area contributed by atoms with Crippen molar-refractivity contribution in [3.8, 4) is 0 Å². The van der Waals surface area contributed by atoms with Crippen LogP contribution in [-0.2, 0) is 14.3 Å². The first-order valence-electron chi connectivity index (χ1n) is 6.87. The fraction of sp³-hybridized carbons (Fsp3) is 0.923. The van der Waals surface area contributed by atoms with Gasteiger partial charge in [-0.3, -0.25) is 10.1 Å². The Hall–Kier alpha value is -0.650. The van der Waals surface area contributed by atoms with E-state index in [9.17, 15) is 9.90 Å². The van der Waals surface area contributed by atoms with Gasteiger partial charge in [0.15, 0.2) is 0 Å². The summed E-state index contributed by atoms with van der Waals surface area (Å²) < 4.78 is 11.4. The number of hydrogen-bond acceptors (Lipinski definition) is 4. The molecular weight excluding hydrogens is 234 g/mol. The topological polar surface area (TPSA) is 67.8 Å². The zero-order chi connectivity index (χ0) is 12.6. The molecule has 18 heavy (non-hydrogen) atoms. The van der Waals surface area contributed by atoms with Gasteiger partial charge in [-0.1, -0.05) is 0 Å². The van der Waals surface area contributed by atoms with Gasteiger partial charge in [-0.25, -0.2) is 0 Å². The van der Waals surface area contributed by atoms with Crippen LogP contribution in [-0.4, -0.2) is 48.1 Å². The third kappa shape index (κ3) is 2.27. The van der Waals surface area contributed by atoms with Crippen molar-refractivity contribution in [3.63, 3.8) is 0 Å². The van der Waals surface area contributed by atoms with E-state index in [2.05, 4.69) is 5.32 Å². The summed E-state index contributed by atoms with van der Waals surface area (Å²) in [5, 5.41) is 12.6. The minimum atomic E-state index is -0.699. The zero-order valence-corrected chi connectivity index (χ0v) is 10.6. The van der Waals surface area contributed by atoms with E-state index in [-0.39, 0.29) is 11.6 Å². The Morgan fingerprint density at radius 3 is 2.50 bits per heavy atom. The third-order valence-electron chi connectivity index (χ3n) is 4.54. The molecule has 2 N–H and O–H groups in total. The molecule has 0 radical (unpaired) electrons. The summed E-state index contributed by atoms with van der Waals surface area (Å²) in [6.45, 7) is 2.25. The standard InChI is InChI=1S/C13H21NO4/c15-11(16)13(2-3-13)14-10-1-6-18-12(9-10)4-7-17-8-5-12/h10,14H,1-9H2,(H,15,16). The lowest BCUT2D eigenvalue weighted by Gasteiger charge is -2.44. The number of aliphatic carboxylic acids is 1. The van der Waals surface area contributed by atoms with Crippen LogP contribution in [0.5, 0.6) is 0 Å². The van der Waals surface area contributed by atoms with Gasteiger partial charge in [0.1, 0.15) is 5.54 Å². The molecule has 5 nitrogen and oxygen atoms in total. The highest BCUT2D eigenvalue weighted by molar-refractivity contribution is 5.82. The Kier molecular flexibility index (Phi) is 3.08. The van der Waals surface area contributed by atoms with Crippen molar-refractivity contribution < 1.29 is 19.4 Å². The largest absolute Gasteiger partial charge is 0.480 e. The van der Waals surface area contributed by atoms with Gasteiger partial charge in [0.2, 0.25) is 0 Å². The second-order valence-electron chi connectivity index (χ2n) is 5.87. The second kappa shape index (κ2) is 4.47. The molecule has 102 valence electrons. The van der Waals surface area contributed by atoms with E-state index in [1.807, 2.05) is 0 Å². The molecule has 0 aromatic rings. The smallest absolute Gasteiger partial charge is 0.323 e. The molecule has 0 aromatic carbocycles. The molecule has 1 unspecified atom stereocenters. The summed E-state index contributed by atoms with van der Waals surface area (Å²) in [4.78, 5) is 11.2. The van der Waals surface area contributed by atoms with E-state index in [0.29, 0.717) is 0 Å². The van der Waals surface area contributed by atoms with E-state index in [1.54, 1.807) is 0 Å². The third-order valence-corrected chi connectivity index (χ3v) is 4.54. The molecular formula is C13H21NO4. The van der Waals surface area contributed by atoms with E-state index in [4.69, 9.17) is 9.47 Å². The van der Waals surface area contributed by atoms with Gasteiger partial charge in [-0.05, 0) is 38.5 Å². The molecule has 3 rings (SSSR count). The summed E-state index contributed by atoms with van der Waals surface area (Å²) in [7, 11) is 0. The highest BCUT2D eigenvalue weighted by Crippen LogP contribution is 2.40. The number of hydrogen-bond donors (Lipinski definition) is 2. The molecule has 2 heterocycles. The van der Waals surface area contributed by atoms with Crippen LogP contribution in [0.15, 0.2) is 0 Å². The van der Waals surface area contributed by atoms with Gasteiger partial charge in [-0.2, -0.15) is 0 Å². The van der Waals surface area contributed by atoms with Gasteiger partial charge >= 0.3 is 5.97 Å². The van der Waals surface area contributed by atoms with Crippen molar-refractivity contribution >= 4 is 5.97 Å². The molecule has 0 aromatic heterocycles. The number of carboxylic acid groups (broad SMARTS) is 1. The van der Waals surface area contributed by atoms with Crippen molar-refractivity contribution in [2.45, 2.75) is 55.7 Å². The first kappa shape index (κ1) is 12.4. The van der Waals surface area contributed by atoms with Crippen LogP contribution in [0.2, 0.25) is 0 Å². The van der Waals surface area contributed by atoms with E-state index < -0.39 is 11.5 Å². The SMILES string of the molecule is O=C(O)C1(NC2CCOC3(CCOCC3)C2)CC1. The number of rotatable bonds is 3. The van der Waals surface area contributed by atoms with Crippen LogP contribution in [0.1, 0.15) is 38.5 Å². The Morgan fingerprint density at radius 1 is 1.17 bits per heavy atom. The minimum absolute atomic E-state index is 0.0667. The Labute approximate surface area is 107 Å². The number of carboxylic acids is 1. The molecule has 0 bridgehead atoms. The van der Waals surface area contributed by atoms with E-state index in [0.717, 1.165) is 58.3 Å². The van der Waals surface area contributed by atoms with Gasteiger partial charge in [0.25, 0.3) is 0 Å². The predicted octanol–water partition coefficient (Wildman–Crippen LogP) is 0.921. The lowest BCUT2D eigenvalue weighted by Crippen LogP contribution is -2.54. The molecule has 2 aliphatic heterocycles. The normalized spacial score (nSPS) is 33.2. The summed E-state index contributed by atoms with van der Waals surface area (Å²) >= 11 is 0. The first-order chi connectivity index (χ1) is 8.64. The Balaban J connectivity index is 1.62. The lowest BCUT2D eigenvalue weighted by atomic mass is 9.84. The quantitative estimate of drug-likeness (QED) is 0.785. The van der Waals surface area contributed by atoms with E-state index >= 15 is 0 Å².